The number of benzene rings is 1. The quantitative estimate of drug-likeness (QED) is 0.749. The van der Waals surface area contributed by atoms with Crippen molar-refractivity contribution in [2.24, 2.45) is 0 Å². The van der Waals surface area contributed by atoms with Gasteiger partial charge in [-0.25, -0.2) is 13.1 Å². The summed E-state index contributed by atoms with van der Waals surface area (Å²) in [7, 11) is -3.52. The van der Waals surface area contributed by atoms with Crippen LogP contribution in [0.3, 0.4) is 0 Å². The molecule has 0 bridgehead atoms. The topological polar surface area (TPSA) is 79.9 Å². The van der Waals surface area contributed by atoms with Crippen molar-refractivity contribution in [2.45, 2.75) is 4.90 Å². The second-order valence-electron chi connectivity index (χ2n) is 5.29. The highest BCUT2D eigenvalue weighted by atomic mass is 35.5. The van der Waals surface area contributed by atoms with E-state index >= 15 is 0 Å². The van der Waals surface area contributed by atoms with Gasteiger partial charge in [0.15, 0.2) is 11.5 Å². The van der Waals surface area contributed by atoms with Crippen molar-refractivity contribution < 1.29 is 17.9 Å². The second kappa shape index (κ2) is 9.65. The van der Waals surface area contributed by atoms with Crippen molar-refractivity contribution in [1.29, 1.82) is 0 Å². The highest BCUT2D eigenvalue weighted by Gasteiger charge is 2.19. The van der Waals surface area contributed by atoms with Crippen LogP contribution in [0.25, 0.3) is 0 Å². The Morgan fingerprint density at radius 1 is 1.08 bits per heavy atom. The summed E-state index contributed by atoms with van der Waals surface area (Å²) in [6.07, 6.45) is 0. The van der Waals surface area contributed by atoms with Crippen LogP contribution in [-0.4, -0.2) is 65.8 Å². The van der Waals surface area contributed by atoms with Gasteiger partial charge in [0, 0.05) is 45.3 Å². The van der Waals surface area contributed by atoms with E-state index in [1.165, 1.54) is 6.07 Å². The zero-order valence-electron chi connectivity index (χ0n) is 13.2. The molecule has 3 rings (SSSR count). The van der Waals surface area contributed by atoms with Crippen molar-refractivity contribution in [3.8, 4) is 11.5 Å². The summed E-state index contributed by atoms with van der Waals surface area (Å²) in [6.45, 7) is 5.85. The highest BCUT2D eigenvalue weighted by molar-refractivity contribution is 7.89. The molecule has 2 aliphatic heterocycles. The predicted molar refractivity (Wildman–Crippen MR) is 96.4 cm³/mol. The first-order valence-corrected chi connectivity index (χ1v) is 8.96. The van der Waals surface area contributed by atoms with E-state index in [0.29, 0.717) is 37.8 Å². The lowest BCUT2D eigenvalue weighted by molar-refractivity contribution is 0.171. The van der Waals surface area contributed by atoms with Gasteiger partial charge in [0.1, 0.15) is 13.2 Å². The minimum atomic E-state index is -3.52. The third kappa shape index (κ3) is 5.37. The van der Waals surface area contributed by atoms with Gasteiger partial charge in [-0.05, 0) is 12.1 Å². The molecule has 7 nitrogen and oxygen atoms in total. The summed E-state index contributed by atoms with van der Waals surface area (Å²) in [6, 6.07) is 4.70. The van der Waals surface area contributed by atoms with Gasteiger partial charge in [0.05, 0.1) is 4.90 Å². The normalized spacial score (nSPS) is 17.5. The van der Waals surface area contributed by atoms with Gasteiger partial charge in [-0.3, -0.25) is 4.90 Å². The zero-order valence-corrected chi connectivity index (χ0v) is 15.6. The van der Waals surface area contributed by atoms with Crippen LogP contribution in [0.5, 0.6) is 11.5 Å². The minimum absolute atomic E-state index is 0. The lowest BCUT2D eigenvalue weighted by atomic mass is 10.3. The third-order valence-corrected chi connectivity index (χ3v) is 5.21. The largest absolute Gasteiger partial charge is 0.486 e. The lowest BCUT2D eigenvalue weighted by Crippen LogP contribution is -2.46. The Hall–Kier alpha value is -0.770. The van der Waals surface area contributed by atoms with Gasteiger partial charge in [-0.1, -0.05) is 0 Å². The molecule has 0 amide bonds. The van der Waals surface area contributed by atoms with Crippen LogP contribution in [0, 0.1) is 0 Å². The smallest absolute Gasteiger partial charge is 0.240 e. The first-order chi connectivity index (χ1) is 10.6. The molecule has 0 spiro atoms. The molecule has 1 aromatic carbocycles. The van der Waals surface area contributed by atoms with Crippen LogP contribution in [-0.2, 0) is 10.0 Å². The summed E-state index contributed by atoms with van der Waals surface area (Å²) in [5.41, 5.74) is 0. The summed E-state index contributed by atoms with van der Waals surface area (Å²) in [5.74, 6) is 1.07. The van der Waals surface area contributed by atoms with Gasteiger partial charge in [0.2, 0.25) is 10.0 Å². The van der Waals surface area contributed by atoms with E-state index in [1.807, 2.05) is 0 Å². The highest BCUT2D eigenvalue weighted by Crippen LogP contribution is 2.32. The number of fused-ring (bicyclic) bond motifs is 1. The Balaban J connectivity index is 0.00000144. The number of hydrogen-bond donors (Lipinski definition) is 2. The first kappa shape index (κ1) is 21.3. The van der Waals surface area contributed by atoms with Crippen LogP contribution >= 0.6 is 24.8 Å². The van der Waals surface area contributed by atoms with Gasteiger partial charge < -0.3 is 14.8 Å². The number of sulfonamides is 1. The Morgan fingerprint density at radius 2 is 1.75 bits per heavy atom. The maximum absolute atomic E-state index is 12.3. The van der Waals surface area contributed by atoms with Crippen LogP contribution < -0.4 is 19.5 Å². The van der Waals surface area contributed by atoms with Crippen molar-refractivity contribution in [1.82, 2.24) is 14.9 Å². The molecule has 24 heavy (non-hydrogen) atoms. The number of ether oxygens (including phenoxy) is 2. The van der Waals surface area contributed by atoms with Crippen LogP contribution in [0.1, 0.15) is 0 Å². The van der Waals surface area contributed by atoms with Crippen molar-refractivity contribution in [3.05, 3.63) is 18.2 Å². The molecule has 1 fully saturated rings. The van der Waals surface area contributed by atoms with E-state index in [1.54, 1.807) is 12.1 Å². The molecule has 1 saturated heterocycles. The molecule has 0 unspecified atom stereocenters. The van der Waals surface area contributed by atoms with Crippen LogP contribution in [0.4, 0.5) is 0 Å². The van der Waals surface area contributed by atoms with Gasteiger partial charge in [-0.15, -0.1) is 24.8 Å². The molecule has 2 aliphatic rings. The molecule has 138 valence electrons. The molecule has 0 saturated carbocycles. The number of rotatable bonds is 5. The average Bonchev–Trinajstić information content (AvgIpc) is 2.55. The van der Waals surface area contributed by atoms with Gasteiger partial charge in [0.25, 0.3) is 0 Å². The number of nitrogens with one attached hydrogen (secondary N) is 2. The molecule has 1 aromatic rings. The van der Waals surface area contributed by atoms with E-state index in [2.05, 4.69) is 14.9 Å². The van der Waals surface area contributed by atoms with Gasteiger partial charge in [-0.2, -0.15) is 0 Å². The standard InChI is InChI=1S/C14H21N3O4S.2ClH/c18-22(19,16-5-8-17-6-3-15-4-7-17)12-1-2-13-14(11-12)21-10-9-20-13;;/h1-2,11,15-16H,3-10H2;2*1H. The SMILES string of the molecule is Cl.Cl.O=S(=O)(NCCN1CCNCC1)c1ccc2c(c1)OCCO2. The molecular formula is C14H23Cl2N3O4S. The fourth-order valence-electron chi connectivity index (χ4n) is 2.55. The third-order valence-electron chi connectivity index (χ3n) is 3.75. The fraction of sp³-hybridized carbons (Fsp3) is 0.571. The second-order valence-corrected chi connectivity index (χ2v) is 7.06. The summed E-state index contributed by atoms with van der Waals surface area (Å²) >= 11 is 0. The average molecular weight is 400 g/mol. The van der Waals surface area contributed by atoms with E-state index in [0.717, 1.165) is 26.2 Å². The lowest BCUT2D eigenvalue weighted by Gasteiger charge is -2.27. The Labute approximate surface area is 154 Å². The van der Waals surface area contributed by atoms with E-state index in [4.69, 9.17) is 9.47 Å². The number of halogens is 2. The molecular weight excluding hydrogens is 377 g/mol. The van der Waals surface area contributed by atoms with Crippen molar-refractivity contribution >= 4 is 34.8 Å². The number of hydrogen-bond acceptors (Lipinski definition) is 6. The van der Waals surface area contributed by atoms with E-state index in [-0.39, 0.29) is 29.7 Å². The fourth-order valence-corrected chi connectivity index (χ4v) is 3.58. The molecule has 0 radical (unpaired) electrons. The molecule has 0 aromatic heterocycles. The Bertz CT molecular complexity index is 624. The van der Waals surface area contributed by atoms with E-state index in [9.17, 15) is 8.42 Å². The molecule has 2 N–H and O–H groups in total. The number of piperazine rings is 1. The Morgan fingerprint density at radius 3 is 2.46 bits per heavy atom. The van der Waals surface area contributed by atoms with Gasteiger partial charge >= 0.3 is 0 Å². The molecule has 10 heteroatoms. The predicted octanol–water partition coefficient (Wildman–Crippen LogP) is 0.485. The summed E-state index contributed by atoms with van der Waals surface area (Å²) in [4.78, 5) is 2.44. The maximum Gasteiger partial charge on any atom is 0.240 e. The van der Waals surface area contributed by atoms with E-state index < -0.39 is 10.0 Å². The van der Waals surface area contributed by atoms with Crippen molar-refractivity contribution in [3.63, 3.8) is 0 Å². The van der Waals surface area contributed by atoms with Crippen LogP contribution in [0.15, 0.2) is 23.1 Å². The molecule has 0 atom stereocenters. The summed E-state index contributed by atoms with van der Waals surface area (Å²) < 4.78 is 38.1. The number of nitrogens with zero attached hydrogens (tertiary/aromatic N) is 1. The maximum atomic E-state index is 12.3. The minimum Gasteiger partial charge on any atom is -0.486 e. The van der Waals surface area contributed by atoms with Crippen molar-refractivity contribution in [2.75, 3.05) is 52.5 Å². The summed E-state index contributed by atoms with van der Waals surface area (Å²) in [5, 5.41) is 3.27. The zero-order chi connectivity index (χ0) is 15.4. The molecule has 0 aliphatic carbocycles. The first-order valence-electron chi connectivity index (χ1n) is 7.47. The monoisotopic (exact) mass is 399 g/mol. The van der Waals surface area contributed by atoms with Crippen LogP contribution in [0.2, 0.25) is 0 Å². The Kier molecular flexibility index (Phi) is 8.55. The molecule has 2 heterocycles.